The second-order valence-electron chi connectivity index (χ2n) is 6.87. The summed E-state index contributed by atoms with van der Waals surface area (Å²) in [5.41, 5.74) is 3.86. The van der Waals surface area contributed by atoms with E-state index in [9.17, 15) is 4.79 Å². The quantitative estimate of drug-likeness (QED) is 0.385. The molecule has 0 unspecified atom stereocenters. The van der Waals surface area contributed by atoms with Crippen LogP contribution in [0.5, 0.6) is 11.5 Å². The highest BCUT2D eigenvalue weighted by molar-refractivity contribution is 7.99. The number of benzene rings is 2. The number of ether oxygens (including phenoxy) is 2. The van der Waals surface area contributed by atoms with Crippen LogP contribution in [0.1, 0.15) is 12.5 Å². The molecule has 1 aliphatic rings. The number of carbonyl (C=O) groups is 1. The smallest absolute Gasteiger partial charge is 0.277 e. The Labute approximate surface area is 192 Å². The van der Waals surface area contributed by atoms with Gasteiger partial charge >= 0.3 is 0 Å². The molecular formula is C22H18N4O4S2. The molecule has 0 saturated heterocycles. The number of anilines is 1. The van der Waals surface area contributed by atoms with E-state index in [-0.39, 0.29) is 18.5 Å². The Morgan fingerprint density at radius 3 is 2.75 bits per heavy atom. The number of hydrogen-bond acceptors (Lipinski definition) is 9. The highest BCUT2D eigenvalue weighted by Gasteiger charge is 2.17. The van der Waals surface area contributed by atoms with E-state index in [2.05, 4.69) is 39.6 Å². The van der Waals surface area contributed by atoms with Crippen molar-refractivity contribution in [3.8, 4) is 34.2 Å². The van der Waals surface area contributed by atoms with E-state index in [0.717, 1.165) is 35.0 Å². The molecule has 0 radical (unpaired) electrons. The lowest BCUT2D eigenvalue weighted by molar-refractivity contribution is -0.113. The second kappa shape index (κ2) is 9.01. The minimum Gasteiger partial charge on any atom is -0.454 e. The number of thioether (sulfide) groups is 1. The Morgan fingerprint density at radius 1 is 1.09 bits per heavy atom. The molecule has 0 atom stereocenters. The third-order valence-electron chi connectivity index (χ3n) is 4.76. The maximum atomic E-state index is 12.3. The molecule has 2 aromatic carbocycles. The molecule has 1 N–H and O–H groups in total. The topological polar surface area (TPSA) is 99.4 Å². The van der Waals surface area contributed by atoms with Crippen molar-refractivity contribution in [2.24, 2.45) is 0 Å². The number of fused-ring (bicyclic) bond motifs is 1. The van der Waals surface area contributed by atoms with Gasteiger partial charge in [0.15, 0.2) is 16.6 Å². The minimum absolute atomic E-state index is 0.128. The molecule has 0 aliphatic carbocycles. The predicted molar refractivity (Wildman–Crippen MR) is 122 cm³/mol. The lowest BCUT2D eigenvalue weighted by atomic mass is 10.1. The normalized spacial score (nSPS) is 12.2. The van der Waals surface area contributed by atoms with Gasteiger partial charge in [0.1, 0.15) is 0 Å². The van der Waals surface area contributed by atoms with Gasteiger partial charge in [0.25, 0.3) is 5.22 Å². The van der Waals surface area contributed by atoms with Crippen molar-refractivity contribution < 1.29 is 18.7 Å². The zero-order chi connectivity index (χ0) is 21.9. The van der Waals surface area contributed by atoms with Crippen molar-refractivity contribution in [2.75, 3.05) is 17.9 Å². The molecule has 4 aromatic rings. The Kier molecular flexibility index (Phi) is 5.78. The fraction of sp³-hybridized carbons (Fsp3) is 0.182. The summed E-state index contributed by atoms with van der Waals surface area (Å²) in [4.78, 5) is 16.8. The summed E-state index contributed by atoms with van der Waals surface area (Å²) in [6.07, 6.45) is 0.995. The van der Waals surface area contributed by atoms with Gasteiger partial charge in [-0.15, -0.1) is 21.5 Å². The van der Waals surface area contributed by atoms with Crippen LogP contribution in [0, 0.1) is 0 Å². The van der Waals surface area contributed by atoms with E-state index >= 15 is 0 Å². The minimum atomic E-state index is -0.194. The molecule has 10 heteroatoms. The summed E-state index contributed by atoms with van der Waals surface area (Å²) in [6, 6.07) is 13.7. The van der Waals surface area contributed by atoms with E-state index in [1.54, 1.807) is 12.1 Å². The first-order chi connectivity index (χ1) is 15.7. The average Bonchev–Trinajstić information content (AvgIpc) is 3.58. The monoisotopic (exact) mass is 466 g/mol. The van der Waals surface area contributed by atoms with Crippen LogP contribution in [0.3, 0.4) is 0 Å². The highest BCUT2D eigenvalue weighted by Crippen LogP contribution is 2.36. The molecule has 32 heavy (non-hydrogen) atoms. The van der Waals surface area contributed by atoms with Gasteiger partial charge in [0.2, 0.25) is 18.6 Å². The number of nitrogens with one attached hydrogen (secondary N) is 1. The maximum Gasteiger partial charge on any atom is 0.277 e. The van der Waals surface area contributed by atoms with Crippen LogP contribution in [0.2, 0.25) is 0 Å². The number of aryl methyl sites for hydroxylation is 1. The summed E-state index contributed by atoms with van der Waals surface area (Å²) < 4.78 is 16.3. The van der Waals surface area contributed by atoms with Crippen molar-refractivity contribution in [3.05, 3.63) is 53.4 Å². The molecular weight excluding hydrogens is 448 g/mol. The molecule has 1 amide bonds. The SMILES string of the molecule is CCc1ccc(-c2csc(NC(=O)CSc3nnc(-c4ccc5c(c4)OCO5)o3)n2)cc1. The van der Waals surface area contributed by atoms with Gasteiger partial charge < -0.3 is 19.2 Å². The highest BCUT2D eigenvalue weighted by atomic mass is 32.2. The van der Waals surface area contributed by atoms with Crippen molar-refractivity contribution in [1.29, 1.82) is 0 Å². The van der Waals surface area contributed by atoms with Crippen molar-refractivity contribution in [2.45, 2.75) is 18.6 Å². The first kappa shape index (κ1) is 20.5. The molecule has 5 rings (SSSR count). The molecule has 0 bridgehead atoms. The first-order valence-electron chi connectivity index (χ1n) is 9.89. The number of nitrogens with zero attached hydrogens (tertiary/aromatic N) is 3. The predicted octanol–water partition coefficient (Wildman–Crippen LogP) is 4.88. The lowest BCUT2D eigenvalue weighted by Crippen LogP contribution is -2.13. The van der Waals surface area contributed by atoms with Crippen LogP contribution < -0.4 is 14.8 Å². The molecule has 0 saturated carbocycles. The molecule has 0 fully saturated rings. The molecule has 0 spiro atoms. The standard InChI is InChI=1S/C22H18N4O4S2/c1-2-13-3-5-14(6-4-13)16-10-31-21(23-16)24-19(27)11-32-22-26-25-20(30-22)15-7-8-17-18(9-15)29-12-28-17/h3-10H,2,11-12H2,1H3,(H,23,24,27). The van der Waals surface area contributed by atoms with Crippen LogP contribution in [0.25, 0.3) is 22.7 Å². The van der Waals surface area contributed by atoms with Gasteiger partial charge in [-0.05, 0) is 30.2 Å². The van der Waals surface area contributed by atoms with Crippen molar-refractivity contribution in [3.63, 3.8) is 0 Å². The first-order valence-corrected chi connectivity index (χ1v) is 11.8. The fourth-order valence-corrected chi connectivity index (χ4v) is 4.37. The Balaban J connectivity index is 1.17. The van der Waals surface area contributed by atoms with E-state index in [1.165, 1.54) is 16.9 Å². The maximum absolute atomic E-state index is 12.3. The average molecular weight is 467 g/mol. The van der Waals surface area contributed by atoms with Gasteiger partial charge in [-0.1, -0.05) is 43.0 Å². The van der Waals surface area contributed by atoms with Gasteiger partial charge in [-0.3, -0.25) is 4.79 Å². The molecule has 162 valence electrons. The third-order valence-corrected chi connectivity index (χ3v) is 6.34. The van der Waals surface area contributed by atoms with Crippen LogP contribution in [0.15, 0.2) is 57.5 Å². The number of thiazole rings is 1. The van der Waals surface area contributed by atoms with E-state index in [4.69, 9.17) is 13.9 Å². The largest absolute Gasteiger partial charge is 0.454 e. The number of hydrogen-bond donors (Lipinski definition) is 1. The fourth-order valence-electron chi connectivity index (χ4n) is 3.07. The zero-order valence-corrected chi connectivity index (χ0v) is 18.7. The summed E-state index contributed by atoms with van der Waals surface area (Å²) in [6.45, 7) is 2.32. The van der Waals surface area contributed by atoms with E-state index in [1.807, 2.05) is 23.6 Å². The van der Waals surface area contributed by atoms with Gasteiger partial charge in [0, 0.05) is 16.5 Å². The summed E-state index contributed by atoms with van der Waals surface area (Å²) in [7, 11) is 0. The van der Waals surface area contributed by atoms with Gasteiger partial charge in [-0.25, -0.2) is 4.98 Å². The summed E-state index contributed by atoms with van der Waals surface area (Å²) >= 11 is 2.55. The molecule has 2 aromatic heterocycles. The molecule has 1 aliphatic heterocycles. The number of rotatable bonds is 7. The van der Waals surface area contributed by atoms with Crippen LogP contribution >= 0.6 is 23.1 Å². The summed E-state index contributed by atoms with van der Waals surface area (Å²) in [5, 5.41) is 13.7. The number of amides is 1. The Hall–Kier alpha value is -3.37. The van der Waals surface area contributed by atoms with Crippen molar-refractivity contribution in [1.82, 2.24) is 15.2 Å². The van der Waals surface area contributed by atoms with Gasteiger partial charge in [0.05, 0.1) is 11.4 Å². The molecule has 8 nitrogen and oxygen atoms in total. The second-order valence-corrected chi connectivity index (χ2v) is 8.65. The van der Waals surface area contributed by atoms with Crippen LogP contribution in [-0.4, -0.2) is 33.6 Å². The Morgan fingerprint density at radius 2 is 1.91 bits per heavy atom. The summed E-state index contributed by atoms with van der Waals surface area (Å²) in [5.74, 6) is 1.61. The van der Waals surface area contributed by atoms with E-state index in [0.29, 0.717) is 27.7 Å². The molecule has 3 heterocycles. The van der Waals surface area contributed by atoms with Gasteiger partial charge in [-0.2, -0.15) is 0 Å². The third kappa shape index (κ3) is 4.46. The van der Waals surface area contributed by atoms with E-state index < -0.39 is 0 Å². The van der Waals surface area contributed by atoms with Crippen molar-refractivity contribution >= 4 is 34.1 Å². The van der Waals surface area contributed by atoms with Crippen LogP contribution in [0.4, 0.5) is 5.13 Å². The number of carbonyl (C=O) groups excluding carboxylic acids is 1. The number of aromatic nitrogens is 3. The zero-order valence-electron chi connectivity index (χ0n) is 17.0. The van der Waals surface area contributed by atoms with Crippen LogP contribution in [-0.2, 0) is 11.2 Å². The Bertz CT molecular complexity index is 1250. The lowest BCUT2D eigenvalue weighted by Gasteiger charge is -2.00.